The van der Waals surface area contributed by atoms with Gasteiger partial charge in [-0.05, 0) is 31.5 Å². The van der Waals surface area contributed by atoms with Crippen LogP contribution in [0.3, 0.4) is 0 Å². The molecule has 22 heavy (non-hydrogen) atoms. The average molecular weight is 300 g/mol. The number of nitrogens with one attached hydrogen (secondary N) is 1. The molecule has 2 aromatic rings. The molecular formula is C17H24N4O. The molecule has 0 radical (unpaired) electrons. The van der Waals surface area contributed by atoms with Crippen LogP contribution in [0.2, 0.25) is 0 Å². The minimum absolute atomic E-state index is 0.0236. The van der Waals surface area contributed by atoms with Crippen molar-refractivity contribution in [3.8, 4) is 0 Å². The topological polar surface area (TPSA) is 44.3 Å². The molecule has 1 atom stereocenters. The van der Waals surface area contributed by atoms with Gasteiger partial charge in [-0.3, -0.25) is 4.57 Å². The minimum atomic E-state index is -0.0236. The third-order valence-electron chi connectivity index (χ3n) is 4.42. The number of aromatic nitrogens is 2. The zero-order valence-electron chi connectivity index (χ0n) is 13.1. The summed E-state index contributed by atoms with van der Waals surface area (Å²) in [5, 5.41) is 0. The Morgan fingerprint density at radius 3 is 2.86 bits per heavy atom. The fraction of sp³-hybridized carbons (Fsp3) is 0.471. The first-order valence-corrected chi connectivity index (χ1v) is 7.95. The normalized spacial score (nSPS) is 18.3. The number of likely N-dealkylation sites (N-methyl/N-ethyl adjacent to an activating group) is 1. The number of H-pyrrole nitrogens is 1. The Morgan fingerprint density at radius 1 is 1.32 bits per heavy atom. The van der Waals surface area contributed by atoms with Gasteiger partial charge >= 0.3 is 5.69 Å². The van der Waals surface area contributed by atoms with Crippen molar-refractivity contribution in [2.45, 2.75) is 13.0 Å². The Balaban J connectivity index is 1.46. The van der Waals surface area contributed by atoms with Crippen LogP contribution in [0, 0.1) is 5.92 Å². The fourth-order valence-corrected chi connectivity index (χ4v) is 3.19. The van der Waals surface area contributed by atoms with Gasteiger partial charge < -0.3 is 14.8 Å². The highest BCUT2D eigenvalue weighted by Gasteiger charge is 2.23. The lowest BCUT2D eigenvalue weighted by atomic mass is 10.1. The Kier molecular flexibility index (Phi) is 4.63. The van der Waals surface area contributed by atoms with E-state index in [4.69, 9.17) is 0 Å². The molecule has 1 aliphatic heterocycles. The molecular weight excluding hydrogens is 276 g/mol. The van der Waals surface area contributed by atoms with Gasteiger partial charge in [0, 0.05) is 50.8 Å². The number of anilines is 1. The minimum Gasteiger partial charge on any atom is -0.371 e. The van der Waals surface area contributed by atoms with Crippen molar-refractivity contribution in [1.82, 2.24) is 14.5 Å². The van der Waals surface area contributed by atoms with Crippen molar-refractivity contribution in [3.63, 3.8) is 0 Å². The molecule has 3 rings (SSSR count). The van der Waals surface area contributed by atoms with E-state index in [0.717, 1.165) is 32.7 Å². The third-order valence-corrected chi connectivity index (χ3v) is 4.42. The van der Waals surface area contributed by atoms with E-state index in [2.05, 4.69) is 52.2 Å². The maximum absolute atomic E-state index is 11.5. The van der Waals surface area contributed by atoms with Crippen LogP contribution < -0.4 is 10.6 Å². The van der Waals surface area contributed by atoms with E-state index in [1.165, 1.54) is 12.1 Å². The first kappa shape index (κ1) is 14.9. The first-order valence-electron chi connectivity index (χ1n) is 7.95. The molecule has 1 aliphatic rings. The Morgan fingerprint density at radius 2 is 2.14 bits per heavy atom. The summed E-state index contributed by atoms with van der Waals surface area (Å²) in [7, 11) is 2.14. The Hall–Kier alpha value is -2.01. The lowest BCUT2D eigenvalue weighted by Crippen LogP contribution is -2.32. The van der Waals surface area contributed by atoms with Gasteiger partial charge in [0.1, 0.15) is 0 Å². The molecule has 0 saturated carbocycles. The van der Waals surface area contributed by atoms with E-state index in [-0.39, 0.29) is 5.69 Å². The van der Waals surface area contributed by atoms with Gasteiger partial charge in [0.15, 0.2) is 0 Å². The van der Waals surface area contributed by atoms with Crippen molar-refractivity contribution in [1.29, 1.82) is 0 Å². The number of rotatable bonds is 6. The number of imidazole rings is 1. The second-order valence-electron chi connectivity index (χ2n) is 6.16. The quantitative estimate of drug-likeness (QED) is 0.882. The number of benzene rings is 1. The maximum atomic E-state index is 11.5. The second-order valence-corrected chi connectivity index (χ2v) is 6.16. The van der Waals surface area contributed by atoms with Gasteiger partial charge in [0.2, 0.25) is 0 Å². The maximum Gasteiger partial charge on any atom is 0.325 e. The lowest BCUT2D eigenvalue weighted by Gasteiger charge is -2.22. The molecule has 1 fully saturated rings. The largest absolute Gasteiger partial charge is 0.371 e. The molecule has 1 saturated heterocycles. The van der Waals surface area contributed by atoms with E-state index in [0.29, 0.717) is 5.92 Å². The molecule has 0 amide bonds. The van der Waals surface area contributed by atoms with Crippen molar-refractivity contribution in [3.05, 3.63) is 53.2 Å². The van der Waals surface area contributed by atoms with Crippen LogP contribution in [0.15, 0.2) is 47.5 Å². The standard InChI is InChI=1S/C17H24N4O/c1-19(11-12-20-10-8-18-17(20)22)13-15-7-9-21(14-15)16-5-3-2-4-6-16/h2-6,8,10,15H,7,9,11-14H2,1H3,(H,18,22)/t15-/m0/s1. The smallest absolute Gasteiger partial charge is 0.325 e. The van der Waals surface area contributed by atoms with E-state index < -0.39 is 0 Å². The molecule has 0 spiro atoms. The molecule has 5 nitrogen and oxygen atoms in total. The van der Waals surface area contributed by atoms with Crippen molar-refractivity contribution >= 4 is 5.69 Å². The molecule has 1 N–H and O–H groups in total. The van der Waals surface area contributed by atoms with Crippen LogP contribution in [0.5, 0.6) is 0 Å². The molecule has 2 heterocycles. The van der Waals surface area contributed by atoms with Crippen LogP contribution in [0.1, 0.15) is 6.42 Å². The molecule has 0 aliphatic carbocycles. The lowest BCUT2D eigenvalue weighted by molar-refractivity contribution is 0.275. The third kappa shape index (κ3) is 3.60. The Bertz CT molecular complexity index is 633. The Labute approximate surface area is 131 Å². The molecule has 0 bridgehead atoms. The summed E-state index contributed by atoms with van der Waals surface area (Å²) in [6.07, 6.45) is 4.74. The SMILES string of the molecule is CN(CCn1cc[nH]c1=O)C[C@@H]1CCN(c2ccccc2)C1. The summed E-state index contributed by atoms with van der Waals surface area (Å²) in [6.45, 7) is 4.99. The number of para-hydroxylation sites is 1. The van der Waals surface area contributed by atoms with Crippen molar-refractivity contribution in [2.24, 2.45) is 5.92 Å². The predicted octanol–water partition coefficient (Wildman–Crippen LogP) is 1.63. The first-order chi connectivity index (χ1) is 10.7. The number of nitrogens with zero attached hydrogens (tertiary/aromatic N) is 3. The van der Waals surface area contributed by atoms with Gasteiger partial charge in [-0.15, -0.1) is 0 Å². The molecule has 1 aromatic heterocycles. The molecule has 0 unspecified atom stereocenters. The summed E-state index contributed by atoms with van der Waals surface area (Å²) in [6, 6.07) is 10.6. The highest BCUT2D eigenvalue weighted by atomic mass is 16.1. The van der Waals surface area contributed by atoms with Gasteiger partial charge in [-0.1, -0.05) is 18.2 Å². The van der Waals surface area contributed by atoms with Crippen LogP contribution in [-0.2, 0) is 6.54 Å². The average Bonchev–Trinajstić information content (AvgIpc) is 3.15. The summed E-state index contributed by atoms with van der Waals surface area (Å²) in [5.74, 6) is 0.702. The number of aromatic amines is 1. The van der Waals surface area contributed by atoms with Crippen molar-refractivity contribution in [2.75, 3.05) is 38.1 Å². The number of hydrogen-bond acceptors (Lipinski definition) is 3. The fourth-order valence-electron chi connectivity index (χ4n) is 3.19. The summed E-state index contributed by atoms with van der Waals surface area (Å²) < 4.78 is 1.72. The zero-order chi connectivity index (χ0) is 15.4. The van der Waals surface area contributed by atoms with E-state index in [1.807, 2.05) is 6.20 Å². The van der Waals surface area contributed by atoms with Gasteiger partial charge in [0.05, 0.1) is 0 Å². The van der Waals surface area contributed by atoms with E-state index in [9.17, 15) is 4.79 Å². The molecule has 1 aromatic carbocycles. The van der Waals surface area contributed by atoms with Gasteiger partial charge in [-0.25, -0.2) is 4.79 Å². The highest BCUT2D eigenvalue weighted by molar-refractivity contribution is 5.46. The van der Waals surface area contributed by atoms with Crippen LogP contribution in [0.4, 0.5) is 5.69 Å². The van der Waals surface area contributed by atoms with Crippen LogP contribution in [0.25, 0.3) is 0 Å². The zero-order valence-corrected chi connectivity index (χ0v) is 13.1. The second kappa shape index (κ2) is 6.83. The summed E-state index contributed by atoms with van der Waals surface area (Å²) in [4.78, 5) is 18.9. The highest BCUT2D eigenvalue weighted by Crippen LogP contribution is 2.23. The van der Waals surface area contributed by atoms with Crippen LogP contribution >= 0.6 is 0 Å². The predicted molar refractivity (Wildman–Crippen MR) is 89.3 cm³/mol. The molecule has 118 valence electrons. The monoisotopic (exact) mass is 300 g/mol. The van der Waals surface area contributed by atoms with E-state index in [1.54, 1.807) is 10.8 Å². The van der Waals surface area contributed by atoms with E-state index >= 15 is 0 Å². The number of hydrogen-bond donors (Lipinski definition) is 1. The van der Waals surface area contributed by atoms with Crippen LogP contribution in [-0.4, -0.2) is 47.7 Å². The van der Waals surface area contributed by atoms with Gasteiger partial charge in [0.25, 0.3) is 0 Å². The summed E-state index contributed by atoms with van der Waals surface area (Å²) in [5.41, 5.74) is 1.30. The summed E-state index contributed by atoms with van der Waals surface area (Å²) >= 11 is 0. The van der Waals surface area contributed by atoms with Crippen molar-refractivity contribution < 1.29 is 0 Å². The van der Waals surface area contributed by atoms with Gasteiger partial charge in [-0.2, -0.15) is 0 Å². The molecule has 5 heteroatoms.